The Morgan fingerprint density at radius 1 is 1.38 bits per heavy atom. The molecule has 3 N–H and O–H groups in total. The van der Waals surface area contributed by atoms with Crippen molar-refractivity contribution in [2.45, 2.75) is 6.54 Å². The number of hydrogen-bond acceptors (Lipinski definition) is 4. The molecule has 106 valence electrons. The molecule has 1 aromatic carbocycles. The summed E-state index contributed by atoms with van der Waals surface area (Å²) in [7, 11) is 0. The molecule has 3 aromatic rings. The summed E-state index contributed by atoms with van der Waals surface area (Å²) in [5, 5.41) is 7.00. The molecule has 2 heterocycles. The lowest BCUT2D eigenvalue weighted by Gasteiger charge is -2.09. The SMILES string of the molecule is O=c1[nH]cnc2ccc(NC(=S)NCc3ccco3)cc12. The van der Waals surface area contributed by atoms with E-state index in [4.69, 9.17) is 16.6 Å². The fourth-order valence-corrected chi connectivity index (χ4v) is 2.09. The Bertz CT molecular complexity index is 826. The lowest BCUT2D eigenvalue weighted by atomic mass is 10.2. The smallest absolute Gasteiger partial charge is 0.258 e. The van der Waals surface area contributed by atoms with Crippen LogP contribution in [0.2, 0.25) is 0 Å². The number of nitrogens with one attached hydrogen (secondary N) is 3. The van der Waals surface area contributed by atoms with Gasteiger partial charge in [-0.25, -0.2) is 4.98 Å². The second-order valence-corrected chi connectivity index (χ2v) is 4.76. The van der Waals surface area contributed by atoms with Gasteiger partial charge in [0.15, 0.2) is 5.11 Å². The third-order valence-electron chi connectivity index (χ3n) is 2.90. The molecule has 0 unspecified atom stereocenters. The first-order chi connectivity index (χ1) is 10.2. The van der Waals surface area contributed by atoms with E-state index in [9.17, 15) is 4.79 Å². The summed E-state index contributed by atoms with van der Waals surface area (Å²) < 4.78 is 5.20. The molecule has 0 fully saturated rings. The first kappa shape index (κ1) is 13.3. The zero-order chi connectivity index (χ0) is 14.7. The number of fused-ring (bicyclic) bond motifs is 1. The van der Waals surface area contributed by atoms with Crippen molar-refractivity contribution in [3.63, 3.8) is 0 Å². The number of anilines is 1. The number of furan rings is 1. The van der Waals surface area contributed by atoms with Gasteiger partial charge in [0.2, 0.25) is 0 Å². The molecule has 0 radical (unpaired) electrons. The van der Waals surface area contributed by atoms with Crippen LogP contribution in [0.25, 0.3) is 10.9 Å². The quantitative estimate of drug-likeness (QED) is 0.642. The average Bonchev–Trinajstić information content (AvgIpc) is 2.99. The van der Waals surface area contributed by atoms with E-state index in [0.717, 1.165) is 11.4 Å². The third kappa shape index (κ3) is 3.09. The summed E-state index contributed by atoms with van der Waals surface area (Å²) >= 11 is 5.20. The van der Waals surface area contributed by atoms with Crippen molar-refractivity contribution >= 4 is 33.9 Å². The Morgan fingerprint density at radius 2 is 2.29 bits per heavy atom. The minimum atomic E-state index is -0.182. The molecule has 6 nitrogen and oxygen atoms in total. The number of aromatic nitrogens is 2. The normalized spacial score (nSPS) is 10.5. The molecule has 7 heteroatoms. The zero-order valence-electron chi connectivity index (χ0n) is 10.9. The Kier molecular flexibility index (Phi) is 3.65. The average molecular weight is 300 g/mol. The summed E-state index contributed by atoms with van der Waals surface area (Å²) in [5.41, 5.74) is 1.18. The third-order valence-corrected chi connectivity index (χ3v) is 3.15. The van der Waals surface area contributed by atoms with Crippen LogP contribution in [-0.2, 0) is 6.54 Å². The molecular formula is C14H12N4O2S. The first-order valence-electron chi connectivity index (χ1n) is 6.27. The molecule has 0 aliphatic heterocycles. The molecule has 0 aliphatic carbocycles. The van der Waals surface area contributed by atoms with Gasteiger partial charge in [0.05, 0.1) is 30.0 Å². The van der Waals surface area contributed by atoms with Gasteiger partial charge in [-0.05, 0) is 42.5 Å². The van der Waals surface area contributed by atoms with Crippen LogP contribution in [-0.4, -0.2) is 15.1 Å². The molecule has 0 amide bonds. The Morgan fingerprint density at radius 3 is 3.10 bits per heavy atom. The zero-order valence-corrected chi connectivity index (χ0v) is 11.7. The number of aromatic amines is 1. The lowest BCUT2D eigenvalue weighted by molar-refractivity contribution is 0.503. The molecule has 3 rings (SSSR count). The molecule has 0 aliphatic rings. The van der Waals surface area contributed by atoms with Gasteiger partial charge in [0, 0.05) is 5.69 Å². The van der Waals surface area contributed by atoms with Crippen molar-refractivity contribution in [1.82, 2.24) is 15.3 Å². The highest BCUT2D eigenvalue weighted by atomic mass is 32.1. The Hall–Kier alpha value is -2.67. The van der Waals surface area contributed by atoms with Crippen molar-refractivity contribution < 1.29 is 4.42 Å². The van der Waals surface area contributed by atoms with Crippen molar-refractivity contribution in [2.24, 2.45) is 0 Å². The highest BCUT2D eigenvalue weighted by Gasteiger charge is 2.03. The number of hydrogen-bond donors (Lipinski definition) is 3. The molecule has 0 spiro atoms. The molecule has 0 bridgehead atoms. The second-order valence-electron chi connectivity index (χ2n) is 4.35. The fourth-order valence-electron chi connectivity index (χ4n) is 1.90. The van der Waals surface area contributed by atoms with E-state index in [1.807, 2.05) is 18.2 Å². The van der Waals surface area contributed by atoms with E-state index >= 15 is 0 Å². The standard InChI is InChI=1S/C14H12N4O2S/c19-13-11-6-9(3-4-12(11)16-8-17-13)18-14(21)15-7-10-2-1-5-20-10/h1-6,8H,7H2,(H2,15,18,21)(H,16,17,19). The second kappa shape index (κ2) is 5.76. The summed E-state index contributed by atoms with van der Waals surface area (Å²) in [6, 6.07) is 8.96. The van der Waals surface area contributed by atoms with Gasteiger partial charge in [-0.15, -0.1) is 0 Å². The van der Waals surface area contributed by atoms with Gasteiger partial charge in [0.1, 0.15) is 5.76 Å². The number of nitrogens with zero attached hydrogens (tertiary/aromatic N) is 1. The van der Waals surface area contributed by atoms with E-state index in [0.29, 0.717) is 22.6 Å². The van der Waals surface area contributed by atoms with E-state index < -0.39 is 0 Å². The van der Waals surface area contributed by atoms with Crippen molar-refractivity contribution in [3.05, 3.63) is 59.0 Å². The summed E-state index contributed by atoms with van der Waals surface area (Å²) in [5.74, 6) is 0.790. The van der Waals surface area contributed by atoms with Crippen LogP contribution in [0.15, 0.2) is 52.1 Å². The van der Waals surface area contributed by atoms with Gasteiger partial charge in [-0.2, -0.15) is 0 Å². The minimum Gasteiger partial charge on any atom is -0.467 e. The predicted molar refractivity (Wildman–Crippen MR) is 84.1 cm³/mol. The van der Waals surface area contributed by atoms with Gasteiger partial charge in [0.25, 0.3) is 5.56 Å². The summed E-state index contributed by atoms with van der Waals surface area (Å²) in [6.45, 7) is 0.495. The van der Waals surface area contributed by atoms with Gasteiger partial charge < -0.3 is 20.0 Å². The Balaban J connectivity index is 1.71. The predicted octanol–water partition coefficient (Wildman–Crippen LogP) is 2.00. The highest BCUT2D eigenvalue weighted by Crippen LogP contribution is 2.13. The molecular weight excluding hydrogens is 288 g/mol. The minimum absolute atomic E-state index is 0.182. The monoisotopic (exact) mass is 300 g/mol. The fraction of sp³-hybridized carbons (Fsp3) is 0.0714. The van der Waals surface area contributed by atoms with E-state index in [-0.39, 0.29) is 5.56 Å². The van der Waals surface area contributed by atoms with Crippen LogP contribution in [0.1, 0.15) is 5.76 Å². The van der Waals surface area contributed by atoms with Crippen LogP contribution in [0.5, 0.6) is 0 Å². The first-order valence-corrected chi connectivity index (χ1v) is 6.68. The lowest BCUT2D eigenvalue weighted by Crippen LogP contribution is -2.27. The van der Waals surface area contributed by atoms with Gasteiger partial charge in [-0.1, -0.05) is 0 Å². The maximum atomic E-state index is 11.7. The van der Waals surface area contributed by atoms with Crippen LogP contribution in [0.4, 0.5) is 5.69 Å². The van der Waals surface area contributed by atoms with E-state index in [1.54, 1.807) is 18.4 Å². The van der Waals surface area contributed by atoms with Crippen molar-refractivity contribution in [2.75, 3.05) is 5.32 Å². The van der Waals surface area contributed by atoms with Crippen molar-refractivity contribution in [1.29, 1.82) is 0 Å². The maximum Gasteiger partial charge on any atom is 0.258 e. The van der Waals surface area contributed by atoms with Gasteiger partial charge in [-0.3, -0.25) is 4.79 Å². The number of H-pyrrole nitrogens is 1. The maximum absolute atomic E-state index is 11.7. The largest absolute Gasteiger partial charge is 0.467 e. The molecule has 0 atom stereocenters. The molecule has 0 saturated heterocycles. The van der Waals surface area contributed by atoms with Crippen LogP contribution in [0, 0.1) is 0 Å². The molecule has 0 saturated carbocycles. The van der Waals surface area contributed by atoms with E-state index in [2.05, 4.69) is 20.6 Å². The summed E-state index contributed by atoms with van der Waals surface area (Å²) in [4.78, 5) is 18.3. The van der Waals surface area contributed by atoms with Crippen molar-refractivity contribution in [3.8, 4) is 0 Å². The van der Waals surface area contributed by atoms with Crippen LogP contribution >= 0.6 is 12.2 Å². The molecule has 21 heavy (non-hydrogen) atoms. The van der Waals surface area contributed by atoms with Crippen LogP contribution in [0.3, 0.4) is 0 Å². The summed E-state index contributed by atoms with van der Waals surface area (Å²) in [6.07, 6.45) is 2.99. The Labute approximate surface area is 125 Å². The molecule has 2 aromatic heterocycles. The highest BCUT2D eigenvalue weighted by molar-refractivity contribution is 7.80. The number of benzene rings is 1. The van der Waals surface area contributed by atoms with Gasteiger partial charge >= 0.3 is 0 Å². The van der Waals surface area contributed by atoms with Crippen LogP contribution < -0.4 is 16.2 Å². The number of thiocarbonyl (C=S) groups is 1. The van der Waals surface area contributed by atoms with E-state index in [1.165, 1.54) is 6.33 Å². The topological polar surface area (TPSA) is 83.0 Å². The number of rotatable bonds is 3.